The molecule has 1 fully saturated rings. The highest BCUT2D eigenvalue weighted by Gasteiger charge is 2.44. The molecular formula is C17H26N2O. The Hall–Kier alpha value is -1.35. The molecule has 0 unspecified atom stereocenters. The first-order valence-electron chi connectivity index (χ1n) is 7.66. The lowest BCUT2D eigenvalue weighted by Crippen LogP contribution is -2.51. The van der Waals surface area contributed by atoms with Crippen molar-refractivity contribution in [3.63, 3.8) is 0 Å². The van der Waals surface area contributed by atoms with E-state index in [1.807, 2.05) is 4.90 Å². The van der Waals surface area contributed by atoms with E-state index < -0.39 is 0 Å². The van der Waals surface area contributed by atoms with Crippen LogP contribution in [0.5, 0.6) is 0 Å². The molecule has 2 rings (SSSR count). The van der Waals surface area contributed by atoms with Gasteiger partial charge in [0.05, 0.1) is 5.41 Å². The lowest BCUT2D eigenvalue weighted by molar-refractivity contribution is -0.147. The molecule has 0 spiro atoms. The molecule has 1 aliphatic rings. The molecule has 0 saturated heterocycles. The third kappa shape index (κ3) is 3.04. The van der Waals surface area contributed by atoms with E-state index in [0.29, 0.717) is 13.1 Å². The topological polar surface area (TPSA) is 46.3 Å². The number of amides is 1. The standard InChI is InChI=1S/C17H26N2O/c1-3-11-19(12-15-7-5-14(2)6-8-15)16(20)17(13-18)9-4-10-17/h5-8H,3-4,9-13,18H2,1-2H3. The number of carbonyl (C=O) groups is 1. The van der Waals surface area contributed by atoms with Crippen LogP contribution in [0, 0.1) is 12.3 Å². The molecule has 3 nitrogen and oxygen atoms in total. The Kier molecular flexibility index (Phi) is 4.81. The van der Waals surface area contributed by atoms with Crippen LogP contribution in [0.1, 0.15) is 43.7 Å². The average Bonchev–Trinajstić information content (AvgIpc) is 2.40. The second kappa shape index (κ2) is 6.40. The van der Waals surface area contributed by atoms with Gasteiger partial charge in [0.1, 0.15) is 0 Å². The normalized spacial score (nSPS) is 16.6. The van der Waals surface area contributed by atoms with Gasteiger partial charge in [-0.2, -0.15) is 0 Å². The number of hydrogen-bond acceptors (Lipinski definition) is 2. The number of hydrogen-bond donors (Lipinski definition) is 1. The molecule has 1 aromatic rings. The van der Waals surface area contributed by atoms with Crippen molar-refractivity contribution in [2.24, 2.45) is 11.1 Å². The number of carbonyl (C=O) groups excluding carboxylic acids is 1. The monoisotopic (exact) mass is 274 g/mol. The van der Waals surface area contributed by atoms with Crippen molar-refractivity contribution in [2.45, 2.75) is 46.1 Å². The Morgan fingerprint density at radius 3 is 2.40 bits per heavy atom. The molecule has 0 radical (unpaired) electrons. The smallest absolute Gasteiger partial charge is 0.230 e. The van der Waals surface area contributed by atoms with Gasteiger partial charge in [0, 0.05) is 19.6 Å². The van der Waals surface area contributed by atoms with E-state index in [9.17, 15) is 4.79 Å². The summed E-state index contributed by atoms with van der Waals surface area (Å²) in [5.41, 5.74) is 8.05. The molecule has 1 saturated carbocycles. The van der Waals surface area contributed by atoms with E-state index in [1.54, 1.807) is 0 Å². The van der Waals surface area contributed by atoms with Gasteiger partial charge in [-0.25, -0.2) is 0 Å². The van der Waals surface area contributed by atoms with E-state index in [1.165, 1.54) is 11.1 Å². The van der Waals surface area contributed by atoms with Crippen LogP contribution in [-0.4, -0.2) is 23.9 Å². The van der Waals surface area contributed by atoms with Crippen LogP contribution < -0.4 is 5.73 Å². The third-order valence-corrected chi connectivity index (χ3v) is 4.43. The van der Waals surface area contributed by atoms with E-state index in [-0.39, 0.29) is 11.3 Å². The summed E-state index contributed by atoms with van der Waals surface area (Å²) in [6, 6.07) is 8.43. The molecule has 0 bridgehead atoms. The highest BCUT2D eigenvalue weighted by atomic mass is 16.2. The molecule has 20 heavy (non-hydrogen) atoms. The molecule has 0 atom stereocenters. The van der Waals surface area contributed by atoms with Crippen LogP contribution in [0.3, 0.4) is 0 Å². The van der Waals surface area contributed by atoms with Crippen LogP contribution in [0.15, 0.2) is 24.3 Å². The SMILES string of the molecule is CCCN(Cc1ccc(C)cc1)C(=O)C1(CN)CCC1. The van der Waals surface area contributed by atoms with Crippen LogP contribution in [-0.2, 0) is 11.3 Å². The molecule has 1 amide bonds. The number of aryl methyl sites for hydroxylation is 1. The number of rotatable bonds is 6. The van der Waals surface area contributed by atoms with Crippen LogP contribution >= 0.6 is 0 Å². The predicted molar refractivity (Wildman–Crippen MR) is 82.2 cm³/mol. The Bertz CT molecular complexity index is 443. The van der Waals surface area contributed by atoms with Crippen molar-refractivity contribution in [1.29, 1.82) is 0 Å². The van der Waals surface area contributed by atoms with Crippen LogP contribution in [0.4, 0.5) is 0 Å². The van der Waals surface area contributed by atoms with Gasteiger partial charge in [-0.1, -0.05) is 43.2 Å². The molecule has 3 heteroatoms. The van der Waals surface area contributed by atoms with Crippen LogP contribution in [0.2, 0.25) is 0 Å². The second-order valence-electron chi connectivity index (χ2n) is 6.05. The molecular weight excluding hydrogens is 248 g/mol. The maximum atomic E-state index is 12.8. The summed E-state index contributed by atoms with van der Waals surface area (Å²) in [6.45, 7) is 6.20. The van der Waals surface area contributed by atoms with Crippen molar-refractivity contribution in [2.75, 3.05) is 13.1 Å². The first-order valence-corrected chi connectivity index (χ1v) is 7.66. The first-order chi connectivity index (χ1) is 9.61. The molecule has 0 heterocycles. The number of nitrogens with two attached hydrogens (primary N) is 1. The summed E-state index contributed by atoms with van der Waals surface area (Å²) >= 11 is 0. The van der Waals surface area contributed by atoms with E-state index >= 15 is 0 Å². The van der Waals surface area contributed by atoms with E-state index in [2.05, 4.69) is 38.1 Å². The van der Waals surface area contributed by atoms with Gasteiger partial charge in [0.15, 0.2) is 0 Å². The molecule has 1 aromatic carbocycles. The van der Waals surface area contributed by atoms with Crippen molar-refractivity contribution in [1.82, 2.24) is 4.90 Å². The zero-order chi connectivity index (χ0) is 14.6. The minimum atomic E-state index is -0.264. The van der Waals surface area contributed by atoms with Gasteiger partial charge in [-0.3, -0.25) is 4.79 Å². The highest BCUT2D eigenvalue weighted by Crippen LogP contribution is 2.41. The van der Waals surface area contributed by atoms with Crippen molar-refractivity contribution in [3.8, 4) is 0 Å². The molecule has 1 aliphatic carbocycles. The maximum absolute atomic E-state index is 12.8. The van der Waals surface area contributed by atoms with Crippen LogP contribution in [0.25, 0.3) is 0 Å². The number of nitrogens with zero attached hydrogens (tertiary/aromatic N) is 1. The molecule has 0 aromatic heterocycles. The van der Waals surface area contributed by atoms with Crippen molar-refractivity contribution >= 4 is 5.91 Å². The Morgan fingerprint density at radius 2 is 1.95 bits per heavy atom. The van der Waals surface area contributed by atoms with Gasteiger partial charge in [-0.15, -0.1) is 0 Å². The van der Waals surface area contributed by atoms with Crippen molar-refractivity contribution in [3.05, 3.63) is 35.4 Å². The van der Waals surface area contributed by atoms with E-state index in [4.69, 9.17) is 5.73 Å². The predicted octanol–water partition coefficient (Wildman–Crippen LogP) is 2.86. The molecule has 2 N–H and O–H groups in total. The summed E-state index contributed by atoms with van der Waals surface area (Å²) in [4.78, 5) is 14.8. The van der Waals surface area contributed by atoms with Gasteiger partial charge in [-0.05, 0) is 31.7 Å². The Labute approximate surface area is 122 Å². The Morgan fingerprint density at radius 1 is 1.30 bits per heavy atom. The summed E-state index contributed by atoms with van der Waals surface area (Å²) in [7, 11) is 0. The molecule has 110 valence electrons. The number of benzene rings is 1. The van der Waals surface area contributed by atoms with Gasteiger partial charge in [0.25, 0.3) is 0 Å². The largest absolute Gasteiger partial charge is 0.338 e. The lowest BCUT2D eigenvalue weighted by Gasteiger charge is -2.42. The fourth-order valence-corrected chi connectivity index (χ4v) is 2.88. The summed E-state index contributed by atoms with van der Waals surface area (Å²) in [6.07, 6.45) is 4.03. The summed E-state index contributed by atoms with van der Waals surface area (Å²) in [5, 5.41) is 0. The third-order valence-electron chi connectivity index (χ3n) is 4.43. The maximum Gasteiger partial charge on any atom is 0.230 e. The van der Waals surface area contributed by atoms with Gasteiger partial charge < -0.3 is 10.6 Å². The fourth-order valence-electron chi connectivity index (χ4n) is 2.88. The highest BCUT2D eigenvalue weighted by molar-refractivity contribution is 5.84. The molecule has 0 aliphatic heterocycles. The summed E-state index contributed by atoms with van der Waals surface area (Å²) in [5.74, 6) is 0.258. The van der Waals surface area contributed by atoms with E-state index in [0.717, 1.165) is 32.2 Å². The fraction of sp³-hybridized carbons (Fsp3) is 0.588. The minimum absolute atomic E-state index is 0.258. The quantitative estimate of drug-likeness (QED) is 0.867. The average molecular weight is 274 g/mol. The second-order valence-corrected chi connectivity index (χ2v) is 6.05. The summed E-state index contributed by atoms with van der Waals surface area (Å²) < 4.78 is 0. The Balaban J connectivity index is 2.10. The zero-order valence-electron chi connectivity index (χ0n) is 12.7. The van der Waals surface area contributed by atoms with Crippen molar-refractivity contribution < 1.29 is 4.79 Å². The minimum Gasteiger partial charge on any atom is -0.338 e. The van der Waals surface area contributed by atoms with Gasteiger partial charge >= 0.3 is 0 Å². The lowest BCUT2D eigenvalue weighted by atomic mass is 9.67. The first kappa shape index (κ1) is 15.0. The zero-order valence-corrected chi connectivity index (χ0v) is 12.7. The van der Waals surface area contributed by atoms with Gasteiger partial charge in [0.2, 0.25) is 5.91 Å².